The van der Waals surface area contributed by atoms with Crippen LogP contribution in [0.4, 0.5) is 5.69 Å². The van der Waals surface area contributed by atoms with Gasteiger partial charge in [0.05, 0.1) is 5.69 Å². The number of aromatic hydroxyl groups is 1. The number of anilines is 1. The van der Waals surface area contributed by atoms with Crippen molar-refractivity contribution < 1.29 is 14.6 Å². The minimum atomic E-state index is -0.0638. The molecule has 1 saturated carbocycles. The summed E-state index contributed by atoms with van der Waals surface area (Å²) < 4.78 is 11.2. The maximum absolute atomic E-state index is 10.1. The third-order valence-electron chi connectivity index (χ3n) is 4.29. The molecule has 2 aliphatic rings. The van der Waals surface area contributed by atoms with E-state index >= 15 is 0 Å². The number of hydrogen-bond donors (Lipinski definition) is 2. The van der Waals surface area contributed by atoms with Gasteiger partial charge in [-0.1, -0.05) is 18.6 Å². The molecule has 0 bridgehead atoms. The van der Waals surface area contributed by atoms with E-state index in [-0.39, 0.29) is 18.3 Å². The minimum absolute atomic E-state index is 0.0546. The lowest BCUT2D eigenvalue weighted by Crippen LogP contribution is -2.45. The number of nitrogen functional groups attached to an aromatic ring is 1. The second-order valence-electron chi connectivity index (χ2n) is 5.62. The zero-order chi connectivity index (χ0) is 13.4. The van der Waals surface area contributed by atoms with E-state index in [1.165, 1.54) is 0 Å². The molecular formula is C15H21NO3. The average molecular weight is 263 g/mol. The van der Waals surface area contributed by atoms with Crippen molar-refractivity contribution in [2.24, 2.45) is 5.92 Å². The van der Waals surface area contributed by atoms with Crippen molar-refractivity contribution >= 4 is 5.69 Å². The van der Waals surface area contributed by atoms with Crippen LogP contribution in [0, 0.1) is 5.92 Å². The Kier molecular flexibility index (Phi) is 3.37. The highest BCUT2D eigenvalue weighted by atomic mass is 16.9. The highest BCUT2D eigenvalue weighted by Crippen LogP contribution is 2.44. The van der Waals surface area contributed by atoms with E-state index in [1.807, 2.05) is 19.1 Å². The third-order valence-corrected chi connectivity index (χ3v) is 4.29. The fourth-order valence-corrected chi connectivity index (χ4v) is 3.28. The standard InChI is InChI=1S/C15H21NO3/c1-9-18-15(19-9)11-5-2-4-10(8-11)12-6-3-7-13(16)14(12)17/h3,6-7,9-11,15,17H,2,4-5,8,16H2,1H3. The number of rotatable bonds is 2. The summed E-state index contributed by atoms with van der Waals surface area (Å²) in [5.74, 6) is 1.03. The summed E-state index contributed by atoms with van der Waals surface area (Å²) in [6, 6.07) is 5.62. The van der Waals surface area contributed by atoms with Crippen LogP contribution in [0.1, 0.15) is 44.1 Å². The monoisotopic (exact) mass is 263 g/mol. The van der Waals surface area contributed by atoms with E-state index in [0.717, 1.165) is 31.2 Å². The van der Waals surface area contributed by atoms with E-state index < -0.39 is 0 Å². The lowest BCUT2D eigenvalue weighted by molar-refractivity contribution is -0.394. The van der Waals surface area contributed by atoms with Crippen LogP contribution in [0.15, 0.2) is 18.2 Å². The van der Waals surface area contributed by atoms with Crippen molar-refractivity contribution in [3.8, 4) is 5.75 Å². The molecule has 3 N–H and O–H groups in total. The number of phenols is 1. The van der Waals surface area contributed by atoms with Gasteiger partial charge < -0.3 is 20.3 Å². The Morgan fingerprint density at radius 2 is 2.05 bits per heavy atom. The molecule has 19 heavy (non-hydrogen) atoms. The summed E-state index contributed by atoms with van der Waals surface area (Å²) in [6.45, 7) is 1.92. The molecule has 104 valence electrons. The van der Waals surface area contributed by atoms with Gasteiger partial charge in [-0.05, 0) is 43.7 Å². The summed E-state index contributed by atoms with van der Waals surface area (Å²) in [7, 11) is 0. The first-order chi connectivity index (χ1) is 9.15. The van der Waals surface area contributed by atoms with Crippen LogP contribution in [0.2, 0.25) is 0 Å². The van der Waals surface area contributed by atoms with Crippen LogP contribution in [0.25, 0.3) is 0 Å². The summed E-state index contributed by atoms with van der Waals surface area (Å²) in [4.78, 5) is 0. The molecule has 0 spiro atoms. The summed E-state index contributed by atoms with van der Waals surface area (Å²) >= 11 is 0. The van der Waals surface area contributed by atoms with Crippen LogP contribution in [-0.4, -0.2) is 17.7 Å². The number of nitrogens with two attached hydrogens (primary N) is 1. The Labute approximate surface area is 113 Å². The Balaban J connectivity index is 1.72. The molecule has 1 aromatic rings. The molecule has 1 heterocycles. The maximum Gasteiger partial charge on any atom is 0.166 e. The smallest absolute Gasteiger partial charge is 0.166 e. The highest BCUT2D eigenvalue weighted by Gasteiger charge is 2.38. The molecule has 0 radical (unpaired) electrons. The van der Waals surface area contributed by atoms with Gasteiger partial charge in [0.25, 0.3) is 0 Å². The summed E-state index contributed by atoms with van der Waals surface area (Å²) in [6.07, 6.45) is 4.25. The van der Waals surface area contributed by atoms with Gasteiger partial charge in [0.2, 0.25) is 0 Å². The van der Waals surface area contributed by atoms with Crippen LogP contribution in [-0.2, 0) is 9.47 Å². The number of phenolic OH excluding ortho intramolecular Hbond substituents is 1. The molecule has 1 aliphatic carbocycles. The first-order valence-corrected chi connectivity index (χ1v) is 7.03. The fourth-order valence-electron chi connectivity index (χ4n) is 3.28. The predicted octanol–water partition coefficient (Wildman–Crippen LogP) is 2.97. The van der Waals surface area contributed by atoms with Crippen molar-refractivity contribution in [1.29, 1.82) is 0 Å². The molecule has 0 aromatic heterocycles. The first-order valence-electron chi connectivity index (χ1n) is 7.03. The van der Waals surface area contributed by atoms with E-state index in [1.54, 1.807) is 6.07 Å². The molecule has 2 atom stereocenters. The van der Waals surface area contributed by atoms with Crippen LogP contribution >= 0.6 is 0 Å². The largest absolute Gasteiger partial charge is 0.505 e. The molecule has 0 amide bonds. The average Bonchev–Trinajstić information content (AvgIpc) is 2.38. The van der Waals surface area contributed by atoms with Gasteiger partial charge in [-0.25, -0.2) is 0 Å². The number of hydrogen-bond acceptors (Lipinski definition) is 4. The van der Waals surface area contributed by atoms with Crippen LogP contribution in [0.5, 0.6) is 5.75 Å². The van der Waals surface area contributed by atoms with Crippen molar-refractivity contribution in [3.05, 3.63) is 23.8 Å². The summed E-state index contributed by atoms with van der Waals surface area (Å²) in [5.41, 5.74) is 7.21. The first kappa shape index (κ1) is 12.8. The van der Waals surface area contributed by atoms with Gasteiger partial charge in [-0.15, -0.1) is 0 Å². The van der Waals surface area contributed by atoms with E-state index in [9.17, 15) is 5.11 Å². The van der Waals surface area contributed by atoms with Gasteiger partial charge in [0.15, 0.2) is 12.6 Å². The number of benzene rings is 1. The lowest BCUT2D eigenvalue weighted by Gasteiger charge is -2.42. The highest BCUT2D eigenvalue weighted by molar-refractivity contribution is 5.56. The molecule has 1 aliphatic heterocycles. The SMILES string of the molecule is CC1OC(C2CCCC(c3cccc(N)c3O)C2)O1. The zero-order valence-corrected chi connectivity index (χ0v) is 11.2. The molecule has 2 unspecified atom stereocenters. The molecule has 1 aromatic carbocycles. The van der Waals surface area contributed by atoms with Gasteiger partial charge in [-0.2, -0.15) is 0 Å². The second-order valence-corrected chi connectivity index (χ2v) is 5.62. The fraction of sp³-hybridized carbons (Fsp3) is 0.600. The van der Waals surface area contributed by atoms with Gasteiger partial charge >= 0.3 is 0 Å². The van der Waals surface area contributed by atoms with Crippen molar-refractivity contribution in [1.82, 2.24) is 0 Å². The van der Waals surface area contributed by atoms with Gasteiger partial charge in [-0.3, -0.25) is 0 Å². The number of ether oxygens (including phenoxy) is 2. The van der Waals surface area contributed by atoms with Gasteiger partial charge in [0, 0.05) is 5.92 Å². The molecule has 4 nitrogen and oxygen atoms in total. The van der Waals surface area contributed by atoms with Crippen LogP contribution in [0.3, 0.4) is 0 Å². The Bertz CT molecular complexity index is 457. The normalized spacial score (nSPS) is 34.8. The summed E-state index contributed by atoms with van der Waals surface area (Å²) in [5, 5.41) is 10.1. The number of para-hydroxylation sites is 1. The maximum atomic E-state index is 10.1. The van der Waals surface area contributed by atoms with Crippen molar-refractivity contribution in [2.75, 3.05) is 5.73 Å². The van der Waals surface area contributed by atoms with E-state index in [2.05, 4.69) is 0 Å². The van der Waals surface area contributed by atoms with Crippen molar-refractivity contribution in [2.45, 2.75) is 51.1 Å². The van der Waals surface area contributed by atoms with E-state index in [0.29, 0.717) is 17.5 Å². The minimum Gasteiger partial charge on any atom is -0.505 e. The predicted molar refractivity (Wildman–Crippen MR) is 72.6 cm³/mol. The Hall–Kier alpha value is -1.26. The quantitative estimate of drug-likeness (QED) is 0.636. The lowest BCUT2D eigenvalue weighted by atomic mass is 9.77. The molecular weight excluding hydrogens is 242 g/mol. The van der Waals surface area contributed by atoms with E-state index in [4.69, 9.17) is 15.2 Å². The second kappa shape index (κ2) is 5.02. The molecule has 1 saturated heterocycles. The van der Waals surface area contributed by atoms with Gasteiger partial charge in [0.1, 0.15) is 5.75 Å². The third kappa shape index (κ3) is 2.42. The molecule has 2 fully saturated rings. The Morgan fingerprint density at radius 3 is 2.79 bits per heavy atom. The topological polar surface area (TPSA) is 64.7 Å². The van der Waals surface area contributed by atoms with Crippen LogP contribution < -0.4 is 5.73 Å². The molecule has 3 rings (SSSR count). The van der Waals surface area contributed by atoms with Crippen molar-refractivity contribution in [3.63, 3.8) is 0 Å². The zero-order valence-electron chi connectivity index (χ0n) is 11.2. The Morgan fingerprint density at radius 1 is 1.26 bits per heavy atom. The molecule has 4 heteroatoms.